The molecule has 5 rings (SSSR count). The molecule has 36 heavy (non-hydrogen) atoms. The maximum atomic E-state index is 15.2. The van der Waals surface area contributed by atoms with Crippen molar-refractivity contribution in [1.82, 2.24) is 0 Å². The third-order valence-electron chi connectivity index (χ3n) is 8.57. The molecule has 3 aromatic rings. The molecule has 0 radical (unpaired) electrons. The van der Waals surface area contributed by atoms with Crippen LogP contribution < -0.4 is 0 Å². The highest BCUT2D eigenvalue weighted by molar-refractivity contribution is 5.74. The Morgan fingerprint density at radius 1 is 0.694 bits per heavy atom. The third kappa shape index (κ3) is 5.03. The third-order valence-corrected chi connectivity index (χ3v) is 8.57. The van der Waals surface area contributed by atoms with Gasteiger partial charge < -0.3 is 0 Å². The summed E-state index contributed by atoms with van der Waals surface area (Å²) < 4.78 is 44.0. The Hall–Kier alpha value is -2.81. The van der Waals surface area contributed by atoms with Gasteiger partial charge in [-0.05, 0) is 90.2 Å². The molecule has 0 saturated heterocycles. The lowest BCUT2D eigenvalue weighted by molar-refractivity contribution is 0.202. The van der Waals surface area contributed by atoms with Gasteiger partial charge in [0.05, 0.1) is 0 Å². The molecule has 0 N–H and O–H groups in total. The Morgan fingerprint density at radius 3 is 1.94 bits per heavy atom. The molecule has 0 bridgehead atoms. The van der Waals surface area contributed by atoms with Crippen LogP contribution in [-0.2, 0) is 6.42 Å². The molecule has 0 spiro atoms. The van der Waals surface area contributed by atoms with E-state index < -0.39 is 11.6 Å². The largest absolute Gasteiger partial charge is 0.206 e. The van der Waals surface area contributed by atoms with E-state index in [0.717, 1.165) is 41.7 Å². The first-order valence-electron chi connectivity index (χ1n) is 13.5. The van der Waals surface area contributed by atoms with Gasteiger partial charge in [-0.2, -0.15) is 0 Å². The van der Waals surface area contributed by atoms with Crippen LogP contribution in [-0.4, -0.2) is 0 Å². The lowest BCUT2D eigenvalue weighted by Gasteiger charge is -2.34. The van der Waals surface area contributed by atoms with Crippen LogP contribution in [0.2, 0.25) is 0 Å². The fraction of sp³-hybridized carbons (Fsp3) is 0.394. The van der Waals surface area contributed by atoms with Crippen molar-refractivity contribution in [1.29, 1.82) is 0 Å². The number of halogens is 3. The Morgan fingerprint density at radius 2 is 1.33 bits per heavy atom. The molecule has 0 amide bonds. The predicted molar refractivity (Wildman–Crippen MR) is 143 cm³/mol. The molecule has 3 heteroatoms. The Balaban J connectivity index is 1.30. The Labute approximate surface area is 213 Å². The summed E-state index contributed by atoms with van der Waals surface area (Å²) >= 11 is 0. The standard InChI is InChI=1S/C33H35F3/c1-3-22-16-19-30(33(36)32(22)35)27-14-12-26(13-15-27)29-18-17-28(20-31(29)34)25-10-8-24(9-11-25)23-6-4-21(2)5-7-23/h10,12-21,23-24H,3-9,11H2,1-2H3. The average Bonchev–Trinajstić information content (AvgIpc) is 2.91. The minimum atomic E-state index is -0.835. The highest BCUT2D eigenvalue weighted by Gasteiger charge is 2.27. The first kappa shape index (κ1) is 24.9. The molecule has 2 aliphatic rings. The second-order valence-electron chi connectivity index (χ2n) is 10.8. The van der Waals surface area contributed by atoms with Crippen LogP contribution in [0.3, 0.4) is 0 Å². The summed E-state index contributed by atoms with van der Waals surface area (Å²) in [5.74, 6) is 0.631. The minimum absolute atomic E-state index is 0.220. The van der Waals surface area contributed by atoms with E-state index in [2.05, 4.69) is 13.0 Å². The van der Waals surface area contributed by atoms with Gasteiger partial charge >= 0.3 is 0 Å². The van der Waals surface area contributed by atoms with Crippen LogP contribution in [0.4, 0.5) is 13.2 Å². The van der Waals surface area contributed by atoms with E-state index in [1.54, 1.807) is 49.4 Å². The van der Waals surface area contributed by atoms with E-state index in [4.69, 9.17) is 0 Å². The SMILES string of the molecule is CCc1ccc(-c2ccc(-c3ccc(C4=CCC(C5CCC(C)CC5)CC4)cc3F)cc2)c(F)c1F. The zero-order valence-corrected chi connectivity index (χ0v) is 21.3. The number of aryl methyl sites for hydroxylation is 1. The minimum Gasteiger partial charge on any atom is -0.206 e. The van der Waals surface area contributed by atoms with Gasteiger partial charge in [0.2, 0.25) is 0 Å². The van der Waals surface area contributed by atoms with Crippen LogP contribution >= 0.6 is 0 Å². The van der Waals surface area contributed by atoms with Gasteiger partial charge in [0.25, 0.3) is 0 Å². The van der Waals surface area contributed by atoms with Gasteiger partial charge in [-0.25, -0.2) is 13.2 Å². The van der Waals surface area contributed by atoms with Crippen molar-refractivity contribution < 1.29 is 13.2 Å². The van der Waals surface area contributed by atoms with Crippen LogP contribution in [0.5, 0.6) is 0 Å². The number of rotatable bonds is 5. The lowest BCUT2D eigenvalue weighted by atomic mass is 9.71. The molecule has 188 valence electrons. The highest BCUT2D eigenvalue weighted by Crippen LogP contribution is 2.41. The summed E-state index contributed by atoms with van der Waals surface area (Å²) in [5.41, 5.74) is 4.62. The first-order valence-corrected chi connectivity index (χ1v) is 13.5. The number of hydrogen-bond donors (Lipinski definition) is 0. The van der Waals surface area contributed by atoms with E-state index in [1.165, 1.54) is 37.7 Å². The summed E-state index contributed by atoms with van der Waals surface area (Å²) in [7, 11) is 0. The summed E-state index contributed by atoms with van der Waals surface area (Å²) in [6.07, 6.45) is 11.6. The van der Waals surface area contributed by atoms with Crippen molar-refractivity contribution in [2.45, 2.75) is 65.2 Å². The summed E-state index contributed by atoms with van der Waals surface area (Å²) in [4.78, 5) is 0. The first-order chi connectivity index (χ1) is 17.4. The molecule has 3 aromatic carbocycles. The molecular formula is C33H35F3. The molecule has 1 saturated carbocycles. The van der Waals surface area contributed by atoms with Crippen molar-refractivity contribution >= 4 is 5.57 Å². The zero-order chi connectivity index (χ0) is 25.2. The van der Waals surface area contributed by atoms with E-state index in [0.29, 0.717) is 23.1 Å². The fourth-order valence-electron chi connectivity index (χ4n) is 6.17. The van der Waals surface area contributed by atoms with Crippen LogP contribution in [0.1, 0.15) is 69.9 Å². The van der Waals surface area contributed by atoms with Gasteiger partial charge in [-0.3, -0.25) is 0 Å². The van der Waals surface area contributed by atoms with Crippen molar-refractivity contribution in [3.8, 4) is 22.3 Å². The molecule has 0 heterocycles. The van der Waals surface area contributed by atoms with Gasteiger partial charge in [-0.1, -0.05) is 81.3 Å². The molecule has 2 aliphatic carbocycles. The van der Waals surface area contributed by atoms with Crippen LogP contribution in [0, 0.1) is 35.2 Å². The normalized spacial score (nSPS) is 22.4. The highest BCUT2D eigenvalue weighted by atomic mass is 19.2. The summed E-state index contributed by atoms with van der Waals surface area (Å²) in [5, 5.41) is 0. The van der Waals surface area contributed by atoms with E-state index in [1.807, 2.05) is 12.1 Å². The monoisotopic (exact) mass is 488 g/mol. The van der Waals surface area contributed by atoms with Crippen molar-refractivity contribution in [3.05, 3.63) is 89.3 Å². The fourth-order valence-corrected chi connectivity index (χ4v) is 6.17. The van der Waals surface area contributed by atoms with Gasteiger partial charge in [0.1, 0.15) is 5.82 Å². The van der Waals surface area contributed by atoms with E-state index >= 15 is 4.39 Å². The molecule has 1 unspecified atom stereocenters. The molecule has 0 aromatic heterocycles. The van der Waals surface area contributed by atoms with Crippen LogP contribution in [0.25, 0.3) is 27.8 Å². The number of hydrogen-bond acceptors (Lipinski definition) is 0. The van der Waals surface area contributed by atoms with Gasteiger partial charge in [0.15, 0.2) is 11.6 Å². The molecule has 0 aliphatic heterocycles. The van der Waals surface area contributed by atoms with E-state index in [9.17, 15) is 8.78 Å². The lowest BCUT2D eigenvalue weighted by Crippen LogP contribution is -2.22. The topological polar surface area (TPSA) is 0 Å². The molecule has 1 fully saturated rings. The van der Waals surface area contributed by atoms with Crippen molar-refractivity contribution in [2.75, 3.05) is 0 Å². The second kappa shape index (κ2) is 10.7. The average molecular weight is 489 g/mol. The maximum absolute atomic E-state index is 15.2. The van der Waals surface area contributed by atoms with Gasteiger partial charge in [0, 0.05) is 11.1 Å². The van der Waals surface area contributed by atoms with E-state index in [-0.39, 0.29) is 11.4 Å². The number of benzene rings is 3. The van der Waals surface area contributed by atoms with Gasteiger partial charge in [-0.15, -0.1) is 0 Å². The van der Waals surface area contributed by atoms with Crippen molar-refractivity contribution in [2.24, 2.45) is 17.8 Å². The maximum Gasteiger partial charge on any atom is 0.166 e. The Kier molecular flexibility index (Phi) is 7.37. The van der Waals surface area contributed by atoms with Crippen molar-refractivity contribution in [3.63, 3.8) is 0 Å². The molecule has 0 nitrogen and oxygen atoms in total. The quantitative estimate of drug-likeness (QED) is 0.335. The number of allylic oxidation sites excluding steroid dienone is 2. The zero-order valence-electron chi connectivity index (χ0n) is 21.3. The molecule has 1 atom stereocenters. The summed E-state index contributed by atoms with van der Waals surface area (Å²) in [6, 6.07) is 15.7. The predicted octanol–water partition coefficient (Wildman–Crippen LogP) is 10.0. The molecular weight excluding hydrogens is 453 g/mol. The summed E-state index contributed by atoms with van der Waals surface area (Å²) in [6.45, 7) is 4.17. The van der Waals surface area contributed by atoms with Crippen LogP contribution in [0.15, 0.2) is 60.7 Å². The smallest absolute Gasteiger partial charge is 0.166 e. The second-order valence-corrected chi connectivity index (χ2v) is 10.8. The Bertz CT molecular complexity index is 1250.